The van der Waals surface area contributed by atoms with E-state index in [4.69, 9.17) is 14.5 Å². The lowest BCUT2D eigenvalue weighted by Crippen LogP contribution is -2.41. The lowest BCUT2D eigenvalue weighted by Gasteiger charge is -2.33. The Morgan fingerprint density at radius 2 is 1.82 bits per heavy atom. The van der Waals surface area contributed by atoms with Crippen molar-refractivity contribution in [3.8, 4) is 11.1 Å². The second-order valence-electron chi connectivity index (χ2n) is 9.98. The summed E-state index contributed by atoms with van der Waals surface area (Å²) in [5.74, 6) is 0.325. The van der Waals surface area contributed by atoms with Crippen LogP contribution in [0.25, 0.3) is 16.8 Å². The van der Waals surface area contributed by atoms with Crippen LogP contribution >= 0.6 is 0 Å². The molecule has 5 rings (SSSR count). The summed E-state index contributed by atoms with van der Waals surface area (Å²) in [6, 6.07) is 0. The van der Waals surface area contributed by atoms with Gasteiger partial charge in [0.05, 0.1) is 12.4 Å². The summed E-state index contributed by atoms with van der Waals surface area (Å²) in [4.78, 5) is 18.9. The molecule has 0 aromatic carbocycles. The first-order valence-electron chi connectivity index (χ1n) is 11.8. The van der Waals surface area contributed by atoms with Crippen molar-refractivity contribution in [2.45, 2.75) is 70.6 Å². The van der Waals surface area contributed by atoms with Crippen LogP contribution in [0.1, 0.15) is 70.6 Å². The van der Waals surface area contributed by atoms with Crippen molar-refractivity contribution >= 4 is 11.7 Å². The fraction of sp³-hybridized carbons (Fsp3) is 0.583. The van der Waals surface area contributed by atoms with E-state index in [1.165, 1.54) is 6.42 Å². The van der Waals surface area contributed by atoms with Gasteiger partial charge in [0, 0.05) is 55.0 Å². The standard InChI is InChI=1S/C24H32N6O3/c1-24(2,3)33-23(31)28-9-7-17(8-10-28)20-14-27-30-16-18(12-25-22(20)30)19-13-26-29(15-19)21-6-4-5-11-32-21/h12-17,21H,4-11H2,1-3H3. The van der Waals surface area contributed by atoms with Crippen LogP contribution < -0.4 is 0 Å². The van der Waals surface area contributed by atoms with Crippen LogP contribution in [0.15, 0.2) is 31.0 Å². The second-order valence-corrected chi connectivity index (χ2v) is 9.98. The summed E-state index contributed by atoms with van der Waals surface area (Å²) in [6.45, 7) is 7.83. The van der Waals surface area contributed by atoms with E-state index in [2.05, 4.69) is 10.2 Å². The molecule has 1 amide bonds. The highest BCUT2D eigenvalue weighted by Crippen LogP contribution is 2.32. The number of hydrogen-bond donors (Lipinski definition) is 0. The molecule has 1 unspecified atom stereocenters. The highest BCUT2D eigenvalue weighted by molar-refractivity contribution is 5.68. The largest absolute Gasteiger partial charge is 0.444 e. The topological polar surface area (TPSA) is 86.8 Å². The molecule has 3 aromatic rings. The number of rotatable bonds is 3. The zero-order valence-electron chi connectivity index (χ0n) is 19.6. The quantitative estimate of drug-likeness (QED) is 0.585. The van der Waals surface area contributed by atoms with Gasteiger partial charge in [-0.25, -0.2) is 19.0 Å². The summed E-state index contributed by atoms with van der Waals surface area (Å²) in [6.07, 6.45) is 14.5. The highest BCUT2D eigenvalue weighted by atomic mass is 16.6. The van der Waals surface area contributed by atoms with Gasteiger partial charge in [-0.3, -0.25) is 0 Å². The normalized spacial score (nSPS) is 20.3. The van der Waals surface area contributed by atoms with Gasteiger partial charge in [0.15, 0.2) is 5.65 Å². The van der Waals surface area contributed by atoms with Crippen LogP contribution in [0.3, 0.4) is 0 Å². The van der Waals surface area contributed by atoms with E-state index in [1.807, 2.05) is 61.0 Å². The first-order valence-corrected chi connectivity index (χ1v) is 11.8. The molecule has 0 saturated carbocycles. The maximum atomic E-state index is 12.4. The Labute approximate surface area is 193 Å². The molecule has 3 aromatic heterocycles. The van der Waals surface area contributed by atoms with Crippen molar-refractivity contribution in [2.24, 2.45) is 0 Å². The minimum atomic E-state index is -0.474. The minimum absolute atomic E-state index is 0.0204. The second kappa shape index (κ2) is 8.78. The molecule has 2 aliphatic heterocycles. The Kier molecular flexibility index (Phi) is 5.82. The lowest BCUT2D eigenvalue weighted by molar-refractivity contribution is -0.0394. The molecule has 1 atom stereocenters. The summed E-state index contributed by atoms with van der Waals surface area (Å²) < 4.78 is 15.1. The summed E-state index contributed by atoms with van der Waals surface area (Å²) in [7, 11) is 0. The average Bonchev–Trinajstić information content (AvgIpc) is 3.46. The van der Waals surface area contributed by atoms with Crippen LogP contribution in [0.4, 0.5) is 4.79 Å². The van der Waals surface area contributed by atoms with Gasteiger partial charge < -0.3 is 14.4 Å². The Balaban J connectivity index is 1.27. The van der Waals surface area contributed by atoms with Gasteiger partial charge in [-0.1, -0.05) is 0 Å². The Morgan fingerprint density at radius 3 is 2.55 bits per heavy atom. The zero-order valence-corrected chi connectivity index (χ0v) is 19.6. The number of carbonyl (C=O) groups is 1. The molecule has 0 bridgehead atoms. The number of fused-ring (bicyclic) bond motifs is 1. The number of aromatic nitrogens is 5. The predicted octanol–water partition coefficient (Wildman–Crippen LogP) is 4.41. The molecule has 9 nitrogen and oxygen atoms in total. The molecular weight excluding hydrogens is 420 g/mol. The van der Waals surface area contributed by atoms with Gasteiger partial charge in [-0.05, 0) is 58.8 Å². The first-order chi connectivity index (χ1) is 15.9. The van der Waals surface area contributed by atoms with E-state index >= 15 is 0 Å². The maximum absolute atomic E-state index is 12.4. The smallest absolute Gasteiger partial charge is 0.410 e. The third kappa shape index (κ3) is 4.73. The number of ether oxygens (including phenoxy) is 2. The molecule has 0 N–H and O–H groups in total. The fourth-order valence-corrected chi connectivity index (χ4v) is 4.61. The van der Waals surface area contributed by atoms with E-state index < -0.39 is 5.60 Å². The van der Waals surface area contributed by atoms with Crippen molar-refractivity contribution in [1.82, 2.24) is 29.3 Å². The van der Waals surface area contributed by atoms with Gasteiger partial charge >= 0.3 is 6.09 Å². The van der Waals surface area contributed by atoms with Crippen LogP contribution in [-0.2, 0) is 9.47 Å². The van der Waals surface area contributed by atoms with E-state index in [1.54, 1.807) is 4.90 Å². The van der Waals surface area contributed by atoms with E-state index in [9.17, 15) is 4.79 Å². The Bertz CT molecular complexity index is 1120. The zero-order chi connectivity index (χ0) is 23.0. The Morgan fingerprint density at radius 1 is 1.03 bits per heavy atom. The molecule has 2 aliphatic rings. The Hall–Kier alpha value is -2.94. The molecular formula is C24H32N6O3. The van der Waals surface area contributed by atoms with Gasteiger partial charge in [-0.2, -0.15) is 10.2 Å². The fourth-order valence-electron chi connectivity index (χ4n) is 4.61. The molecule has 9 heteroatoms. The number of nitrogens with zero attached hydrogens (tertiary/aromatic N) is 6. The van der Waals surface area contributed by atoms with Crippen LogP contribution in [0.5, 0.6) is 0 Å². The molecule has 2 fully saturated rings. The molecule has 0 radical (unpaired) electrons. The van der Waals surface area contributed by atoms with Crippen molar-refractivity contribution in [2.75, 3.05) is 19.7 Å². The average molecular weight is 453 g/mol. The molecule has 0 aliphatic carbocycles. The van der Waals surface area contributed by atoms with Gasteiger partial charge in [0.1, 0.15) is 11.8 Å². The summed E-state index contributed by atoms with van der Waals surface area (Å²) >= 11 is 0. The van der Waals surface area contributed by atoms with Gasteiger partial charge in [-0.15, -0.1) is 0 Å². The van der Waals surface area contributed by atoms with E-state index in [0.29, 0.717) is 19.0 Å². The molecule has 33 heavy (non-hydrogen) atoms. The molecule has 176 valence electrons. The SMILES string of the molecule is CC(C)(C)OC(=O)N1CCC(c2cnn3cc(-c4cnn(C5CCCCO5)c4)cnc23)CC1. The third-order valence-electron chi connectivity index (χ3n) is 6.36. The van der Waals surface area contributed by atoms with Crippen molar-refractivity contribution < 1.29 is 14.3 Å². The van der Waals surface area contributed by atoms with Gasteiger partial charge in [0.25, 0.3) is 0 Å². The number of likely N-dealkylation sites (tertiary alicyclic amines) is 1. The highest BCUT2D eigenvalue weighted by Gasteiger charge is 2.29. The number of carbonyl (C=O) groups excluding carboxylic acids is 1. The van der Waals surface area contributed by atoms with Crippen LogP contribution in [0, 0.1) is 0 Å². The van der Waals surface area contributed by atoms with Crippen molar-refractivity contribution in [1.29, 1.82) is 0 Å². The molecule has 0 spiro atoms. The summed E-state index contributed by atoms with van der Waals surface area (Å²) in [5, 5.41) is 9.09. The number of piperidine rings is 1. The summed E-state index contributed by atoms with van der Waals surface area (Å²) in [5.41, 5.74) is 3.51. The van der Waals surface area contributed by atoms with Crippen molar-refractivity contribution in [3.63, 3.8) is 0 Å². The maximum Gasteiger partial charge on any atom is 0.410 e. The van der Waals surface area contributed by atoms with Crippen molar-refractivity contribution in [3.05, 3.63) is 36.5 Å². The lowest BCUT2D eigenvalue weighted by atomic mass is 9.91. The van der Waals surface area contributed by atoms with Gasteiger partial charge in [0.2, 0.25) is 0 Å². The third-order valence-corrected chi connectivity index (χ3v) is 6.36. The van der Waals surface area contributed by atoms with E-state index in [0.717, 1.165) is 54.6 Å². The molecule has 5 heterocycles. The number of amides is 1. The van der Waals surface area contributed by atoms with Crippen LogP contribution in [0.2, 0.25) is 0 Å². The number of hydrogen-bond acceptors (Lipinski definition) is 6. The minimum Gasteiger partial charge on any atom is -0.444 e. The molecule has 2 saturated heterocycles. The monoisotopic (exact) mass is 452 g/mol. The predicted molar refractivity (Wildman–Crippen MR) is 123 cm³/mol. The van der Waals surface area contributed by atoms with Crippen LogP contribution in [-0.4, -0.2) is 60.7 Å². The van der Waals surface area contributed by atoms with E-state index in [-0.39, 0.29) is 12.3 Å². The first kappa shape index (κ1) is 21.9.